The summed E-state index contributed by atoms with van der Waals surface area (Å²) in [6.07, 6.45) is 4.85. The average molecular weight is 847 g/mol. The number of imidazole rings is 1. The highest BCUT2D eigenvalue weighted by Crippen LogP contribution is 2.48. The summed E-state index contributed by atoms with van der Waals surface area (Å²) in [7, 11) is 1.74. The van der Waals surface area contributed by atoms with Crippen molar-refractivity contribution in [3.63, 3.8) is 0 Å². The zero-order valence-electron chi connectivity index (χ0n) is 34.6. The molecule has 5 aliphatic heterocycles. The Bertz CT molecular complexity index is 2830. The van der Waals surface area contributed by atoms with Crippen LogP contribution in [0.25, 0.3) is 39.0 Å². The maximum Gasteiger partial charge on any atom is 0.317 e. The van der Waals surface area contributed by atoms with Crippen molar-refractivity contribution >= 4 is 45.6 Å². The van der Waals surface area contributed by atoms with E-state index in [4.69, 9.17) is 29.4 Å². The Labute approximate surface area is 353 Å². The van der Waals surface area contributed by atoms with Gasteiger partial charge in [-0.1, -0.05) is 0 Å². The van der Waals surface area contributed by atoms with Gasteiger partial charge >= 0.3 is 6.01 Å². The van der Waals surface area contributed by atoms with Crippen molar-refractivity contribution in [3.8, 4) is 28.7 Å². The number of carbonyl (C=O) groups is 2. The first kappa shape index (κ1) is 38.4. The van der Waals surface area contributed by atoms with Crippen LogP contribution in [0.3, 0.4) is 0 Å². The summed E-state index contributed by atoms with van der Waals surface area (Å²) in [6, 6.07) is 7.59. The van der Waals surface area contributed by atoms with Crippen molar-refractivity contribution in [2.45, 2.75) is 88.9 Å². The highest BCUT2D eigenvalue weighted by atomic mass is 19.1. The van der Waals surface area contributed by atoms with E-state index in [9.17, 15) is 19.1 Å². The first-order valence-electron chi connectivity index (χ1n) is 21.0. The zero-order valence-corrected chi connectivity index (χ0v) is 34.6. The number of rotatable bonds is 6. The van der Waals surface area contributed by atoms with Gasteiger partial charge in [-0.15, -0.1) is 0 Å². The van der Waals surface area contributed by atoms with Crippen LogP contribution in [0.4, 0.5) is 20.5 Å². The number of carbonyl (C=O) groups excluding carboxylic acids is 2. The number of phenols is 1. The molecule has 1 saturated carbocycles. The Balaban J connectivity index is 1.05. The van der Waals surface area contributed by atoms with E-state index in [0.29, 0.717) is 71.1 Å². The number of hydrogen-bond donors (Lipinski definition) is 1. The van der Waals surface area contributed by atoms with Gasteiger partial charge in [0.05, 0.1) is 53.5 Å². The van der Waals surface area contributed by atoms with Crippen molar-refractivity contribution in [2.24, 2.45) is 0 Å². The third kappa shape index (κ3) is 6.02. The highest BCUT2D eigenvalue weighted by Gasteiger charge is 2.62. The van der Waals surface area contributed by atoms with E-state index < -0.39 is 35.4 Å². The van der Waals surface area contributed by atoms with Gasteiger partial charge in [-0.3, -0.25) is 9.59 Å². The van der Waals surface area contributed by atoms with Crippen LogP contribution in [-0.2, 0) is 20.9 Å². The topological polar surface area (TPSA) is 173 Å². The number of nitrogens with zero attached hydrogens (tertiary/aromatic N) is 12. The molecule has 5 fully saturated rings. The molecule has 5 atom stereocenters. The Morgan fingerprint density at radius 3 is 2.60 bits per heavy atom. The lowest BCUT2D eigenvalue weighted by Crippen LogP contribution is -2.79. The van der Waals surface area contributed by atoms with E-state index in [1.54, 1.807) is 30.4 Å². The van der Waals surface area contributed by atoms with Gasteiger partial charge in [0, 0.05) is 69.5 Å². The van der Waals surface area contributed by atoms with Gasteiger partial charge in [0.1, 0.15) is 52.4 Å². The number of amides is 2. The number of piperidine rings is 1. The molecule has 9 heterocycles. The van der Waals surface area contributed by atoms with E-state index in [-0.39, 0.29) is 66.8 Å². The van der Waals surface area contributed by atoms with Crippen molar-refractivity contribution in [3.05, 3.63) is 66.3 Å². The predicted molar refractivity (Wildman–Crippen MR) is 221 cm³/mol. The summed E-state index contributed by atoms with van der Waals surface area (Å²) in [5.74, 6) is -0.349. The first-order valence-corrected chi connectivity index (χ1v) is 21.0. The molecular formula is C43H44F2N12O5. The normalized spacial score (nSPS) is 25.0. The number of likely N-dealkylation sites (N-methyl/N-ethyl adjacent to an activating group) is 1. The molecule has 320 valence electrons. The molecule has 17 nitrogen and oxygen atoms in total. The van der Waals surface area contributed by atoms with Gasteiger partial charge in [-0.2, -0.15) is 20.1 Å². The molecule has 6 aromatic rings. The van der Waals surface area contributed by atoms with Gasteiger partial charge in [0.2, 0.25) is 17.8 Å². The Morgan fingerprint density at radius 2 is 1.81 bits per heavy atom. The summed E-state index contributed by atoms with van der Waals surface area (Å²) in [4.78, 5) is 60.6. The quantitative estimate of drug-likeness (QED) is 0.254. The van der Waals surface area contributed by atoms with E-state index in [1.165, 1.54) is 28.9 Å². The molecule has 0 spiro atoms. The minimum atomic E-state index is -0.895. The third-order valence-corrected chi connectivity index (χ3v) is 13.1. The smallest absolute Gasteiger partial charge is 0.317 e. The molecule has 62 heavy (non-hydrogen) atoms. The van der Waals surface area contributed by atoms with Crippen LogP contribution >= 0.6 is 0 Å². The minimum absolute atomic E-state index is 0.0259. The minimum Gasteiger partial charge on any atom is -0.506 e. The molecule has 6 bridgehead atoms. The molecule has 1 N–H and O–H groups in total. The van der Waals surface area contributed by atoms with E-state index in [1.807, 2.05) is 40.0 Å². The van der Waals surface area contributed by atoms with Crippen LogP contribution in [0.2, 0.25) is 0 Å². The lowest BCUT2D eigenvalue weighted by atomic mass is 9.75. The molecule has 1 aliphatic carbocycles. The zero-order chi connectivity index (χ0) is 42.8. The summed E-state index contributed by atoms with van der Waals surface area (Å²) in [5, 5.41) is 16.0. The van der Waals surface area contributed by atoms with Crippen molar-refractivity contribution in [2.75, 3.05) is 43.1 Å². The number of fused-ring (bicyclic) bond motifs is 8. The molecule has 2 amide bonds. The fourth-order valence-electron chi connectivity index (χ4n) is 10.1. The molecule has 0 unspecified atom stereocenters. The SMILES string of the molecule is CCO[C@H]1CN(C)C(=O)[C@@H]2C[C@@H](CN2c2nc(N3[C@@H]4CN(C5CC5)C(=O)[C@@]3(C)C4)nc3c2cnn3-c2ccc(F)cc2O)Oc2nccc(n2)-c2cc(F)cc3nc(C)n(c23)C1. The summed E-state index contributed by atoms with van der Waals surface area (Å²) in [5.41, 5.74) is 1.67. The summed E-state index contributed by atoms with van der Waals surface area (Å²) >= 11 is 0. The molecular weight excluding hydrogens is 803 g/mol. The number of phenolic OH excluding ortho intramolecular Hbond substituents is 1. The molecule has 12 rings (SSSR count). The van der Waals surface area contributed by atoms with E-state index >= 15 is 4.39 Å². The van der Waals surface area contributed by atoms with Gasteiger partial charge in [0.15, 0.2) is 5.65 Å². The Morgan fingerprint density at radius 1 is 0.968 bits per heavy atom. The maximum absolute atomic E-state index is 15.2. The lowest BCUT2D eigenvalue weighted by molar-refractivity contribution is -0.147. The van der Waals surface area contributed by atoms with Crippen LogP contribution in [0, 0.1) is 18.6 Å². The van der Waals surface area contributed by atoms with Gasteiger partial charge in [0.25, 0.3) is 0 Å². The second kappa shape index (κ2) is 14.0. The van der Waals surface area contributed by atoms with Crippen molar-refractivity contribution in [1.29, 1.82) is 0 Å². The molecule has 4 saturated heterocycles. The number of halogens is 2. The monoisotopic (exact) mass is 846 g/mol. The van der Waals surface area contributed by atoms with Gasteiger partial charge in [-0.25, -0.2) is 23.4 Å². The number of aromatic hydroxyl groups is 1. The number of benzene rings is 2. The Kier molecular flexibility index (Phi) is 8.69. The molecule has 2 aromatic carbocycles. The molecule has 4 aromatic heterocycles. The second-order valence-corrected chi connectivity index (χ2v) is 17.2. The standard InChI is InChI=1S/C43H44F2N12O5/c1-5-61-28-19-52(4)39(59)34-15-27(62-42-46-11-10-31(49-42)29-12-24(45)13-32-36(29)53(21-28)22(2)48-32)20-55(34)37-30-17-47-57(33-9-6-23(44)14-35(33)58)38(30)51-41(50-37)56-26-16-43(56,3)40(60)54(18-26)25-7-8-25/h6,9-14,17,25-28,34,58H,5,7-8,15-16,18-21H2,1-4H3/t26-,27-,28-,34-,43+/m0/s1. The largest absolute Gasteiger partial charge is 0.506 e. The summed E-state index contributed by atoms with van der Waals surface area (Å²) in [6.45, 7) is 7.28. The van der Waals surface area contributed by atoms with Crippen LogP contribution in [-0.4, -0.2) is 135 Å². The van der Waals surface area contributed by atoms with Crippen LogP contribution in [0.1, 0.15) is 45.4 Å². The maximum atomic E-state index is 15.2. The third-order valence-electron chi connectivity index (χ3n) is 13.1. The lowest BCUT2D eigenvalue weighted by Gasteiger charge is -2.62. The number of hydrogen-bond acceptors (Lipinski definition) is 13. The van der Waals surface area contributed by atoms with Crippen molar-refractivity contribution in [1.82, 2.24) is 49.1 Å². The highest BCUT2D eigenvalue weighted by molar-refractivity contribution is 5.97. The van der Waals surface area contributed by atoms with Crippen molar-refractivity contribution < 1.29 is 33.0 Å². The number of anilines is 2. The van der Waals surface area contributed by atoms with Crippen LogP contribution in [0.5, 0.6) is 11.8 Å². The molecule has 6 aliphatic rings. The average Bonchev–Trinajstić information content (AvgIpc) is 3.74. The predicted octanol–water partition coefficient (Wildman–Crippen LogP) is 4.16. The van der Waals surface area contributed by atoms with Gasteiger partial charge < -0.3 is 38.7 Å². The second-order valence-electron chi connectivity index (χ2n) is 17.2. The fraction of sp³-hybridized carbons (Fsp3) is 0.442. The molecule has 0 radical (unpaired) electrons. The van der Waals surface area contributed by atoms with E-state index in [0.717, 1.165) is 18.9 Å². The van der Waals surface area contributed by atoms with E-state index in [2.05, 4.69) is 10.1 Å². The van der Waals surface area contributed by atoms with Gasteiger partial charge in [-0.05, 0) is 57.9 Å². The summed E-state index contributed by atoms with van der Waals surface area (Å²) < 4.78 is 45.7. The number of aromatic nitrogens is 8. The fourth-order valence-corrected chi connectivity index (χ4v) is 10.1. The Hall–Kier alpha value is -6.50. The number of aryl methyl sites for hydroxylation is 1. The van der Waals surface area contributed by atoms with Crippen LogP contribution in [0.15, 0.2) is 48.8 Å². The number of ether oxygens (including phenoxy) is 2. The van der Waals surface area contributed by atoms with Crippen LogP contribution < -0.4 is 14.5 Å². The number of piperazine rings is 1. The molecule has 19 heteroatoms. The first-order chi connectivity index (χ1) is 29.9.